The topological polar surface area (TPSA) is 275 Å². The van der Waals surface area contributed by atoms with Crippen LogP contribution in [0.3, 0.4) is 0 Å². The van der Waals surface area contributed by atoms with E-state index in [1.165, 1.54) is 24.3 Å². The molecule has 1 fully saturated rings. The molecule has 5 amide bonds. The van der Waals surface area contributed by atoms with Gasteiger partial charge < -0.3 is 31.0 Å². The SMILES string of the molecule is C=C1/C=C/C=C/C=C2/N(CCCCCC(=O)NCCCCC(C(=O)NCCCCCC(=O)ON3C(=O)CCC3=O)NC(=O)CCCCCNc3ccc(S(=O)(=O)O)cc3C1(C)C)c1ccc(S(=O)(=O)O)cc1C2(C)C. The Balaban J connectivity index is 1.28. The molecule has 75 heavy (non-hydrogen) atoms. The van der Waals surface area contributed by atoms with E-state index in [0.29, 0.717) is 119 Å². The van der Waals surface area contributed by atoms with E-state index in [1.54, 1.807) is 12.1 Å². The molecule has 0 aliphatic carbocycles. The maximum atomic E-state index is 13.4. The Morgan fingerprint density at radius 3 is 2.04 bits per heavy atom. The van der Waals surface area contributed by atoms with Gasteiger partial charge in [-0.05, 0) is 117 Å². The fourth-order valence-electron chi connectivity index (χ4n) is 9.25. The number of nitrogens with zero attached hydrogens (tertiary/aromatic N) is 2. The molecule has 19 nitrogen and oxygen atoms in total. The molecule has 5 rings (SSSR count). The lowest BCUT2D eigenvalue weighted by Gasteiger charge is -2.29. The van der Waals surface area contributed by atoms with Crippen LogP contribution in [-0.4, -0.2) is 98.7 Å². The van der Waals surface area contributed by atoms with E-state index >= 15 is 0 Å². The Labute approximate surface area is 441 Å². The zero-order valence-corrected chi connectivity index (χ0v) is 45.2. The Morgan fingerprint density at radius 2 is 1.35 bits per heavy atom. The highest BCUT2D eigenvalue weighted by atomic mass is 32.2. The third-order valence-electron chi connectivity index (χ3n) is 13.8. The number of nitrogens with one attached hydrogen (secondary N) is 4. The van der Waals surface area contributed by atoms with E-state index in [1.807, 2.05) is 58.1 Å². The molecule has 1 atom stereocenters. The smallest absolute Gasteiger partial charge is 0.333 e. The summed E-state index contributed by atoms with van der Waals surface area (Å²) < 4.78 is 68.9. The number of hydrogen-bond acceptors (Lipinski definition) is 13. The summed E-state index contributed by atoms with van der Waals surface area (Å²) in [6.07, 6.45) is 16.6. The lowest BCUT2D eigenvalue weighted by Crippen LogP contribution is -2.47. The van der Waals surface area contributed by atoms with Gasteiger partial charge in [0.2, 0.25) is 17.7 Å². The van der Waals surface area contributed by atoms with Crippen LogP contribution in [0, 0.1) is 0 Å². The van der Waals surface area contributed by atoms with Crippen molar-refractivity contribution < 1.29 is 59.5 Å². The number of unbranched alkanes of at least 4 members (excludes halogenated alkanes) is 2. The van der Waals surface area contributed by atoms with E-state index in [0.717, 1.165) is 23.4 Å². The van der Waals surface area contributed by atoms with E-state index in [9.17, 15) is 54.7 Å². The number of anilines is 2. The predicted molar refractivity (Wildman–Crippen MR) is 284 cm³/mol. The number of imide groups is 1. The molecule has 6 N–H and O–H groups in total. The maximum absolute atomic E-state index is 13.4. The molecule has 410 valence electrons. The first kappa shape index (κ1) is 59.7. The zero-order chi connectivity index (χ0) is 55.0. The van der Waals surface area contributed by atoms with Crippen LogP contribution in [0.15, 0.2) is 94.4 Å². The van der Waals surface area contributed by atoms with Crippen molar-refractivity contribution >= 4 is 67.1 Å². The second-order valence-electron chi connectivity index (χ2n) is 20.2. The fourth-order valence-corrected chi connectivity index (χ4v) is 10.3. The third kappa shape index (κ3) is 17.2. The second kappa shape index (κ2) is 27.1. The molecule has 3 aliphatic heterocycles. The molecule has 0 bridgehead atoms. The van der Waals surface area contributed by atoms with Crippen LogP contribution in [0.1, 0.15) is 148 Å². The number of allylic oxidation sites excluding steroid dienone is 7. The Hall–Kier alpha value is -6.16. The lowest BCUT2D eigenvalue weighted by molar-refractivity contribution is -0.197. The summed E-state index contributed by atoms with van der Waals surface area (Å²) in [5.41, 5.74) is 2.79. The molecule has 3 aliphatic rings. The summed E-state index contributed by atoms with van der Waals surface area (Å²) in [6.45, 7) is 13.8. The number of hydrogen-bond donors (Lipinski definition) is 6. The summed E-state index contributed by atoms with van der Waals surface area (Å²) >= 11 is 0. The van der Waals surface area contributed by atoms with E-state index in [2.05, 4.69) is 32.7 Å². The van der Waals surface area contributed by atoms with E-state index in [-0.39, 0.29) is 59.7 Å². The standard InChI is InChI=1S/C54H74N6O13S2/c1-38-20-10-6-11-22-46-54(4,5)42-37-40(75(70,71)72)27-29-45(42)59(46)35-19-9-13-23-47(61)56-33-18-15-21-44(52(66)57-34-17-8-14-25-51(65)73-60-49(63)30-31-50(60)64)58-48(62)24-12-7-16-32-55-43-28-26-39(74(67,68)69)36-41(43)53(38,2)3/h6,10-11,20,22,26-29,36-37,44,55H,1,7-9,12-19,21,23-25,30-35H2,2-5H3,(H,56,61)(H,57,66)(H,58,62)(H,67,68,69)(H,70,71,72)/b11-6+,20-10+,46-22+. The highest BCUT2D eigenvalue weighted by Gasteiger charge is 2.40. The minimum absolute atomic E-state index is 0.00594. The van der Waals surface area contributed by atoms with Crippen LogP contribution in [-0.2, 0) is 64.7 Å². The first-order valence-corrected chi connectivity index (χ1v) is 28.7. The summed E-state index contributed by atoms with van der Waals surface area (Å²) in [5.74, 6) is -2.54. The van der Waals surface area contributed by atoms with Gasteiger partial charge in [0.1, 0.15) is 6.04 Å². The van der Waals surface area contributed by atoms with Crippen molar-refractivity contribution in [3.8, 4) is 0 Å². The number of carbonyl (C=O) groups excluding carboxylic acids is 6. The van der Waals surface area contributed by atoms with Crippen molar-refractivity contribution in [3.63, 3.8) is 0 Å². The number of fused-ring (bicyclic) bond motifs is 4. The zero-order valence-electron chi connectivity index (χ0n) is 43.6. The van der Waals surface area contributed by atoms with Gasteiger partial charge in [-0.3, -0.25) is 33.1 Å². The summed E-state index contributed by atoms with van der Waals surface area (Å²) in [4.78, 5) is 81.8. The van der Waals surface area contributed by atoms with Gasteiger partial charge in [-0.15, -0.1) is 5.06 Å². The van der Waals surface area contributed by atoms with Gasteiger partial charge in [-0.25, -0.2) is 4.79 Å². The van der Waals surface area contributed by atoms with Crippen molar-refractivity contribution in [2.45, 2.75) is 164 Å². The molecule has 0 aromatic heterocycles. The first-order chi connectivity index (χ1) is 35.4. The van der Waals surface area contributed by atoms with Crippen LogP contribution in [0.5, 0.6) is 0 Å². The molecule has 0 spiro atoms. The van der Waals surface area contributed by atoms with Crippen LogP contribution >= 0.6 is 0 Å². The molecular formula is C54H74N6O13S2. The summed E-state index contributed by atoms with van der Waals surface area (Å²) in [5, 5.41) is 12.6. The minimum atomic E-state index is -4.54. The summed E-state index contributed by atoms with van der Waals surface area (Å²) in [7, 11) is -9.01. The van der Waals surface area contributed by atoms with Gasteiger partial charge in [0.15, 0.2) is 0 Å². The average Bonchev–Trinajstić information content (AvgIpc) is 3.77. The van der Waals surface area contributed by atoms with Crippen molar-refractivity contribution in [3.05, 3.63) is 95.8 Å². The molecule has 1 unspecified atom stereocenters. The molecular weight excluding hydrogens is 1000 g/mol. The second-order valence-corrected chi connectivity index (χ2v) is 23.1. The monoisotopic (exact) mass is 1080 g/mol. The third-order valence-corrected chi connectivity index (χ3v) is 15.5. The fraction of sp³-hybridized carbons (Fsp3) is 0.519. The first-order valence-electron chi connectivity index (χ1n) is 25.8. The van der Waals surface area contributed by atoms with Crippen LogP contribution in [0.2, 0.25) is 0 Å². The number of rotatable bonds is 10. The number of carbonyl (C=O) groups is 6. The van der Waals surface area contributed by atoms with E-state index < -0.39 is 54.9 Å². The van der Waals surface area contributed by atoms with Crippen LogP contribution < -0.4 is 26.2 Å². The van der Waals surface area contributed by atoms with E-state index in [4.69, 9.17) is 4.84 Å². The van der Waals surface area contributed by atoms with Crippen LogP contribution in [0.25, 0.3) is 0 Å². The molecule has 2 aromatic rings. The van der Waals surface area contributed by atoms with Gasteiger partial charge in [0.05, 0.1) is 9.79 Å². The van der Waals surface area contributed by atoms with Crippen molar-refractivity contribution in [2.75, 3.05) is 36.4 Å². The average molecular weight is 1080 g/mol. The van der Waals surface area contributed by atoms with Gasteiger partial charge in [-0.1, -0.05) is 77.8 Å². The summed E-state index contributed by atoms with van der Waals surface area (Å²) in [6, 6.07) is 8.11. The number of benzene rings is 2. The molecule has 1 saturated heterocycles. The molecule has 3 heterocycles. The van der Waals surface area contributed by atoms with Gasteiger partial charge in [0.25, 0.3) is 32.1 Å². The highest BCUT2D eigenvalue weighted by molar-refractivity contribution is 7.86. The Bertz CT molecular complexity index is 2750. The normalized spacial score (nSPS) is 21.6. The van der Waals surface area contributed by atoms with Crippen LogP contribution in [0.4, 0.5) is 11.4 Å². The maximum Gasteiger partial charge on any atom is 0.333 e. The molecule has 0 radical (unpaired) electrons. The van der Waals surface area contributed by atoms with Gasteiger partial charge >= 0.3 is 5.97 Å². The van der Waals surface area contributed by atoms with Crippen molar-refractivity contribution in [1.29, 1.82) is 0 Å². The molecule has 2 aromatic carbocycles. The molecule has 0 saturated carbocycles. The quantitative estimate of drug-likeness (QED) is 0.0768. The number of amides is 5. The lowest BCUT2D eigenvalue weighted by atomic mass is 9.77. The number of hydroxylamine groups is 2. The minimum Gasteiger partial charge on any atom is -0.385 e. The van der Waals surface area contributed by atoms with Crippen molar-refractivity contribution in [2.24, 2.45) is 0 Å². The Kier molecular flexibility index (Phi) is 21.5. The predicted octanol–water partition coefficient (Wildman–Crippen LogP) is 7.41. The Morgan fingerprint density at radius 1 is 0.720 bits per heavy atom. The van der Waals surface area contributed by atoms with Gasteiger partial charge in [-0.2, -0.15) is 16.8 Å². The van der Waals surface area contributed by atoms with Gasteiger partial charge in [0, 0.05) is 86.2 Å². The largest absolute Gasteiger partial charge is 0.385 e. The van der Waals surface area contributed by atoms with Crippen molar-refractivity contribution in [1.82, 2.24) is 21.0 Å². The molecule has 21 heteroatoms. The highest BCUT2D eigenvalue weighted by Crippen LogP contribution is 2.48.